The van der Waals surface area contributed by atoms with Gasteiger partial charge in [0.25, 0.3) is 0 Å². The van der Waals surface area contributed by atoms with Crippen LogP contribution in [0.4, 0.5) is 0 Å². The molecule has 0 aliphatic rings. The molecule has 1 unspecified atom stereocenters. The van der Waals surface area contributed by atoms with E-state index in [1.807, 2.05) is 12.1 Å². The largest absolute Gasteiger partial charge is 0.457 e. The molecule has 2 aromatic rings. The third-order valence-corrected chi connectivity index (χ3v) is 5.37. The summed E-state index contributed by atoms with van der Waals surface area (Å²) in [4.78, 5) is 0.988. The average Bonchev–Trinajstić information content (AvgIpc) is 2.74. The first kappa shape index (κ1) is 12.0. The molecule has 0 aromatic carbocycles. The zero-order valence-electron chi connectivity index (χ0n) is 7.14. The fourth-order valence-corrected chi connectivity index (χ4v) is 3.53. The number of hydrogen-bond acceptors (Lipinski definition) is 2. The van der Waals surface area contributed by atoms with Crippen LogP contribution in [-0.2, 0) is 0 Å². The van der Waals surface area contributed by atoms with E-state index >= 15 is 0 Å². The minimum atomic E-state index is -0.228. The number of halogens is 4. The number of thiophene rings is 1. The lowest BCUT2D eigenvalue weighted by Crippen LogP contribution is -1.85. The predicted molar refractivity (Wildman–Crippen MR) is 71.1 cm³/mol. The van der Waals surface area contributed by atoms with Crippen LogP contribution in [0.5, 0.6) is 0 Å². The molecule has 0 spiro atoms. The van der Waals surface area contributed by atoms with Gasteiger partial charge in [-0.3, -0.25) is 0 Å². The Bertz CT molecular complexity index is 461. The molecule has 6 heteroatoms. The van der Waals surface area contributed by atoms with E-state index in [4.69, 9.17) is 27.6 Å². The summed E-state index contributed by atoms with van der Waals surface area (Å²) >= 11 is 20.3. The van der Waals surface area contributed by atoms with E-state index in [-0.39, 0.29) is 5.38 Å². The monoisotopic (exact) mass is 388 g/mol. The first-order valence-electron chi connectivity index (χ1n) is 3.90. The first-order chi connectivity index (χ1) is 7.08. The molecule has 0 bridgehead atoms. The van der Waals surface area contributed by atoms with Gasteiger partial charge < -0.3 is 4.42 Å². The third-order valence-electron chi connectivity index (χ3n) is 1.79. The topological polar surface area (TPSA) is 13.1 Å². The van der Waals surface area contributed by atoms with E-state index in [9.17, 15) is 0 Å². The lowest BCUT2D eigenvalue weighted by molar-refractivity contribution is 0.539. The van der Waals surface area contributed by atoms with E-state index < -0.39 is 0 Å². The second kappa shape index (κ2) is 4.80. The summed E-state index contributed by atoms with van der Waals surface area (Å²) in [5.41, 5.74) is 0.911. The van der Waals surface area contributed by atoms with Crippen molar-refractivity contribution in [2.75, 3.05) is 0 Å². The van der Waals surface area contributed by atoms with Crippen molar-refractivity contribution in [3.63, 3.8) is 0 Å². The fraction of sp³-hybridized carbons (Fsp3) is 0.111. The highest BCUT2D eigenvalue weighted by Crippen LogP contribution is 2.40. The lowest BCUT2D eigenvalue weighted by atomic mass is 10.2. The van der Waals surface area contributed by atoms with Gasteiger partial charge in [0.05, 0.1) is 20.4 Å². The van der Waals surface area contributed by atoms with Crippen LogP contribution in [0.15, 0.2) is 31.3 Å². The normalized spacial score (nSPS) is 13.1. The van der Waals surface area contributed by atoms with Crippen molar-refractivity contribution in [2.45, 2.75) is 5.38 Å². The number of alkyl halides is 1. The molecule has 0 aliphatic heterocycles. The molecule has 2 heterocycles. The molecule has 15 heavy (non-hydrogen) atoms. The Labute approximate surface area is 118 Å². The van der Waals surface area contributed by atoms with Crippen LogP contribution in [0.1, 0.15) is 15.8 Å². The summed E-state index contributed by atoms with van der Waals surface area (Å²) in [5, 5.41) is 0.456. The summed E-state index contributed by atoms with van der Waals surface area (Å²) in [5.74, 6) is 0. The molecule has 0 radical (unpaired) electrons. The minimum Gasteiger partial charge on any atom is -0.457 e. The second-order valence-electron chi connectivity index (χ2n) is 2.82. The molecule has 0 saturated carbocycles. The van der Waals surface area contributed by atoms with Gasteiger partial charge in [0.15, 0.2) is 4.67 Å². The Morgan fingerprint density at radius 1 is 1.33 bits per heavy atom. The maximum atomic E-state index is 6.28. The molecule has 2 rings (SSSR count). The summed E-state index contributed by atoms with van der Waals surface area (Å²) in [6.07, 6.45) is 1.63. The Morgan fingerprint density at radius 3 is 2.53 bits per heavy atom. The molecule has 0 amide bonds. The summed E-state index contributed by atoms with van der Waals surface area (Å²) in [7, 11) is 0. The highest BCUT2D eigenvalue weighted by Gasteiger charge is 2.17. The van der Waals surface area contributed by atoms with Crippen molar-refractivity contribution >= 4 is 66.4 Å². The van der Waals surface area contributed by atoms with Crippen LogP contribution in [-0.4, -0.2) is 0 Å². The lowest BCUT2D eigenvalue weighted by Gasteiger charge is -2.01. The van der Waals surface area contributed by atoms with E-state index in [1.54, 1.807) is 6.26 Å². The molecule has 2 aromatic heterocycles. The van der Waals surface area contributed by atoms with Crippen molar-refractivity contribution < 1.29 is 4.42 Å². The predicted octanol–water partition coefficient (Wildman–Crippen LogP) is 5.85. The summed E-state index contributed by atoms with van der Waals surface area (Å²) in [6, 6.07) is 3.70. The molecule has 0 saturated heterocycles. The van der Waals surface area contributed by atoms with Crippen LogP contribution in [0.3, 0.4) is 0 Å². The molecule has 0 N–H and O–H groups in total. The maximum Gasteiger partial charge on any atom is 0.169 e. The van der Waals surface area contributed by atoms with Gasteiger partial charge >= 0.3 is 0 Å². The van der Waals surface area contributed by atoms with E-state index in [0.29, 0.717) is 9.69 Å². The van der Waals surface area contributed by atoms with Gasteiger partial charge in [0, 0.05) is 10.4 Å². The van der Waals surface area contributed by atoms with Crippen LogP contribution < -0.4 is 0 Å². The van der Waals surface area contributed by atoms with Crippen LogP contribution in [0.25, 0.3) is 0 Å². The molecule has 0 aliphatic carbocycles. The smallest absolute Gasteiger partial charge is 0.169 e. The van der Waals surface area contributed by atoms with Crippen molar-refractivity contribution in [1.82, 2.24) is 0 Å². The molecule has 0 fully saturated rings. The minimum absolute atomic E-state index is 0.228. The average molecular weight is 391 g/mol. The first-order valence-corrected chi connectivity index (χ1v) is 7.12. The van der Waals surface area contributed by atoms with E-state index in [1.165, 1.54) is 11.3 Å². The highest BCUT2D eigenvalue weighted by atomic mass is 79.9. The van der Waals surface area contributed by atoms with Gasteiger partial charge in [-0.2, -0.15) is 0 Å². The van der Waals surface area contributed by atoms with Crippen molar-refractivity contribution in [3.8, 4) is 0 Å². The van der Waals surface area contributed by atoms with E-state index in [2.05, 4.69) is 31.9 Å². The standard InChI is InChI=1S/C9H4Br2Cl2OS/c10-7-1-4(3-14-7)8(13)6-2-5(12)9(11)15-6/h1-3,8H. The van der Waals surface area contributed by atoms with Crippen LogP contribution in [0.2, 0.25) is 5.02 Å². The van der Waals surface area contributed by atoms with Gasteiger partial charge in [0.1, 0.15) is 0 Å². The van der Waals surface area contributed by atoms with Gasteiger partial charge in [-0.25, -0.2) is 0 Å². The zero-order chi connectivity index (χ0) is 11.0. The van der Waals surface area contributed by atoms with Gasteiger partial charge in [-0.1, -0.05) is 11.6 Å². The zero-order valence-corrected chi connectivity index (χ0v) is 12.6. The number of rotatable bonds is 2. The fourth-order valence-electron chi connectivity index (χ4n) is 1.11. The van der Waals surface area contributed by atoms with Gasteiger partial charge in [0.2, 0.25) is 0 Å². The molecular weight excluding hydrogens is 387 g/mol. The molecule has 1 nitrogen and oxygen atoms in total. The summed E-state index contributed by atoms with van der Waals surface area (Å²) in [6.45, 7) is 0. The van der Waals surface area contributed by atoms with Crippen molar-refractivity contribution in [1.29, 1.82) is 0 Å². The van der Waals surface area contributed by atoms with Gasteiger partial charge in [-0.05, 0) is 44.0 Å². The third kappa shape index (κ3) is 2.61. The van der Waals surface area contributed by atoms with Crippen molar-refractivity contribution in [3.05, 3.63) is 42.3 Å². The van der Waals surface area contributed by atoms with Crippen LogP contribution in [0, 0.1) is 0 Å². The second-order valence-corrected chi connectivity index (χ2v) is 6.84. The molecule has 80 valence electrons. The van der Waals surface area contributed by atoms with E-state index in [0.717, 1.165) is 14.2 Å². The van der Waals surface area contributed by atoms with Crippen molar-refractivity contribution in [2.24, 2.45) is 0 Å². The number of hydrogen-bond donors (Lipinski definition) is 0. The maximum absolute atomic E-state index is 6.28. The van der Waals surface area contributed by atoms with Gasteiger partial charge in [-0.15, -0.1) is 22.9 Å². The van der Waals surface area contributed by atoms with Crippen LogP contribution >= 0.6 is 66.4 Å². The quantitative estimate of drug-likeness (QED) is 0.586. The Balaban J connectivity index is 2.31. The Morgan fingerprint density at radius 2 is 2.07 bits per heavy atom. The molecule has 1 atom stereocenters. The molecular formula is C9H4Br2Cl2OS. The Hall–Kier alpha value is 0.520. The highest BCUT2D eigenvalue weighted by molar-refractivity contribution is 9.11. The number of furan rings is 1. The summed E-state index contributed by atoms with van der Waals surface area (Å²) < 4.78 is 6.70. The Kier molecular flexibility index (Phi) is 3.83. The SMILES string of the molecule is Clc1cc(C(Cl)c2coc(Br)c2)sc1Br.